The molecular formula is C27H37N3O3. The number of aryl methyl sites for hydroxylation is 1. The van der Waals surface area contributed by atoms with Crippen LogP contribution in [-0.4, -0.2) is 56.0 Å². The van der Waals surface area contributed by atoms with Crippen LogP contribution in [0.1, 0.15) is 55.5 Å². The largest absolute Gasteiger partial charge is 0.484 e. The minimum absolute atomic E-state index is 0.0212. The predicted molar refractivity (Wildman–Crippen MR) is 133 cm³/mol. The molecule has 0 aliphatic carbocycles. The van der Waals surface area contributed by atoms with Crippen LogP contribution >= 0.6 is 0 Å². The highest BCUT2D eigenvalue weighted by molar-refractivity contribution is 5.94. The molecule has 6 heteroatoms. The molecule has 2 unspecified atom stereocenters. The maximum atomic E-state index is 12.6. The number of amides is 2. The molecular weight excluding hydrogens is 414 g/mol. The Kier molecular flexibility index (Phi) is 8.75. The molecule has 2 aromatic rings. The molecule has 3 rings (SSSR count). The Morgan fingerprint density at radius 3 is 2.24 bits per heavy atom. The molecule has 1 heterocycles. The lowest BCUT2D eigenvalue weighted by Crippen LogP contribution is -2.49. The number of nitrogens with zero attached hydrogens (tertiary/aromatic N) is 2. The van der Waals surface area contributed by atoms with Gasteiger partial charge >= 0.3 is 0 Å². The number of nitrogens with one attached hydrogen (secondary N) is 1. The smallest absolute Gasteiger partial charge is 0.260 e. The van der Waals surface area contributed by atoms with Gasteiger partial charge in [0, 0.05) is 44.0 Å². The lowest BCUT2D eigenvalue weighted by Gasteiger charge is -2.38. The minimum atomic E-state index is -0.100. The van der Waals surface area contributed by atoms with Crippen LogP contribution in [0.2, 0.25) is 0 Å². The number of benzene rings is 2. The Morgan fingerprint density at radius 2 is 1.64 bits per heavy atom. The monoisotopic (exact) mass is 451 g/mol. The summed E-state index contributed by atoms with van der Waals surface area (Å²) >= 11 is 0. The average molecular weight is 452 g/mol. The Bertz CT molecular complexity index is 899. The van der Waals surface area contributed by atoms with Crippen LogP contribution in [0.3, 0.4) is 0 Å². The molecule has 0 saturated carbocycles. The maximum absolute atomic E-state index is 12.6. The third-order valence-corrected chi connectivity index (χ3v) is 6.34. The van der Waals surface area contributed by atoms with E-state index in [2.05, 4.69) is 48.3 Å². The van der Waals surface area contributed by atoms with Crippen molar-refractivity contribution in [2.45, 2.75) is 58.0 Å². The Morgan fingerprint density at radius 1 is 1.00 bits per heavy atom. The van der Waals surface area contributed by atoms with E-state index < -0.39 is 0 Å². The van der Waals surface area contributed by atoms with Crippen LogP contribution in [0.5, 0.6) is 5.75 Å². The third-order valence-electron chi connectivity index (χ3n) is 6.34. The van der Waals surface area contributed by atoms with Gasteiger partial charge in [0.1, 0.15) is 5.75 Å². The zero-order valence-corrected chi connectivity index (χ0v) is 20.3. The summed E-state index contributed by atoms with van der Waals surface area (Å²) in [4.78, 5) is 29.0. The molecule has 1 saturated heterocycles. The first-order chi connectivity index (χ1) is 15.8. The molecule has 6 nitrogen and oxygen atoms in total. The van der Waals surface area contributed by atoms with Crippen LogP contribution in [0.4, 0.5) is 5.69 Å². The summed E-state index contributed by atoms with van der Waals surface area (Å²) < 4.78 is 5.70. The van der Waals surface area contributed by atoms with Crippen LogP contribution in [0.25, 0.3) is 0 Å². The molecule has 0 aromatic heterocycles. The van der Waals surface area contributed by atoms with Gasteiger partial charge in [-0.1, -0.05) is 12.1 Å². The van der Waals surface area contributed by atoms with E-state index in [1.54, 1.807) is 24.3 Å². The van der Waals surface area contributed by atoms with Gasteiger partial charge in [0.05, 0.1) is 0 Å². The molecule has 178 valence electrons. The molecule has 0 radical (unpaired) electrons. The number of likely N-dealkylation sites (tertiary alicyclic amines) is 1. The summed E-state index contributed by atoms with van der Waals surface area (Å²) in [6, 6.07) is 16.0. The fraction of sp³-hybridized carbons (Fsp3) is 0.481. The van der Waals surface area contributed by atoms with Gasteiger partial charge in [0.25, 0.3) is 11.8 Å². The fourth-order valence-corrected chi connectivity index (χ4v) is 4.39. The molecule has 1 aliphatic heterocycles. The van der Waals surface area contributed by atoms with Gasteiger partial charge in [-0.25, -0.2) is 0 Å². The first-order valence-corrected chi connectivity index (χ1v) is 11.9. The highest BCUT2D eigenvalue weighted by Gasteiger charge is 2.28. The molecule has 1 N–H and O–H groups in total. The number of hydrogen-bond donors (Lipinski definition) is 1. The maximum Gasteiger partial charge on any atom is 0.260 e. The van der Waals surface area contributed by atoms with Gasteiger partial charge in [0.2, 0.25) is 0 Å². The molecule has 0 spiro atoms. The van der Waals surface area contributed by atoms with Crippen LogP contribution in [-0.2, 0) is 11.2 Å². The third kappa shape index (κ3) is 6.98. The van der Waals surface area contributed by atoms with E-state index in [4.69, 9.17) is 4.74 Å². The van der Waals surface area contributed by atoms with Gasteiger partial charge in [-0.2, -0.15) is 0 Å². The normalized spacial score (nSPS) is 18.0. The van der Waals surface area contributed by atoms with Crippen LogP contribution < -0.4 is 15.0 Å². The number of carbonyl (C=O) groups is 2. The first-order valence-electron chi connectivity index (χ1n) is 11.9. The number of rotatable bonds is 9. The van der Waals surface area contributed by atoms with Crippen molar-refractivity contribution in [1.29, 1.82) is 0 Å². The van der Waals surface area contributed by atoms with Crippen molar-refractivity contribution >= 4 is 17.5 Å². The van der Waals surface area contributed by atoms with Gasteiger partial charge in [-0.3, -0.25) is 9.59 Å². The number of piperidine rings is 1. The molecule has 2 atom stereocenters. The zero-order chi connectivity index (χ0) is 23.8. The van der Waals surface area contributed by atoms with Gasteiger partial charge in [0.15, 0.2) is 6.61 Å². The molecule has 2 aromatic carbocycles. The molecule has 33 heavy (non-hydrogen) atoms. The van der Waals surface area contributed by atoms with E-state index in [-0.39, 0.29) is 30.5 Å². The Hall–Kier alpha value is -3.02. The first kappa shape index (κ1) is 24.6. The van der Waals surface area contributed by atoms with Crippen molar-refractivity contribution in [1.82, 2.24) is 10.2 Å². The second-order valence-corrected chi connectivity index (χ2v) is 9.16. The Labute approximate surface area is 197 Å². The summed E-state index contributed by atoms with van der Waals surface area (Å²) in [7, 11) is 4.05. The number of hydrogen-bond acceptors (Lipinski definition) is 4. The van der Waals surface area contributed by atoms with E-state index in [1.807, 2.05) is 19.0 Å². The number of carbonyl (C=O) groups excluding carboxylic acids is 2. The van der Waals surface area contributed by atoms with E-state index in [0.717, 1.165) is 25.7 Å². The summed E-state index contributed by atoms with van der Waals surface area (Å²) in [5, 5.41) is 2.97. The molecule has 2 amide bonds. The van der Waals surface area contributed by atoms with E-state index >= 15 is 0 Å². The Balaban J connectivity index is 1.40. The van der Waals surface area contributed by atoms with Crippen molar-refractivity contribution in [2.75, 3.05) is 32.1 Å². The molecule has 0 bridgehead atoms. The van der Waals surface area contributed by atoms with E-state index in [9.17, 15) is 9.59 Å². The minimum Gasteiger partial charge on any atom is -0.484 e. The van der Waals surface area contributed by atoms with Crippen molar-refractivity contribution < 1.29 is 14.3 Å². The van der Waals surface area contributed by atoms with Gasteiger partial charge in [-0.05, 0) is 87.9 Å². The number of anilines is 1. The average Bonchev–Trinajstić information content (AvgIpc) is 2.81. The molecule has 1 fully saturated rings. The summed E-state index contributed by atoms with van der Waals surface area (Å²) in [6.45, 7) is 4.84. The van der Waals surface area contributed by atoms with Gasteiger partial charge in [-0.15, -0.1) is 0 Å². The van der Waals surface area contributed by atoms with Crippen molar-refractivity contribution in [2.24, 2.45) is 0 Å². The topological polar surface area (TPSA) is 61.9 Å². The van der Waals surface area contributed by atoms with Crippen molar-refractivity contribution in [3.8, 4) is 5.75 Å². The summed E-state index contributed by atoms with van der Waals surface area (Å²) in [6.07, 6.45) is 5.05. The summed E-state index contributed by atoms with van der Waals surface area (Å²) in [5.74, 6) is 0.516. The summed E-state index contributed by atoms with van der Waals surface area (Å²) in [5.41, 5.74) is 3.03. The SMILES string of the molecule is CC1CCCC(C)N1C(=O)COc1ccc(C(=O)NCCCc2ccc(N(C)C)cc2)cc1. The van der Waals surface area contributed by atoms with Gasteiger partial charge < -0.3 is 19.9 Å². The lowest BCUT2D eigenvalue weighted by molar-refractivity contribution is -0.139. The zero-order valence-electron chi connectivity index (χ0n) is 20.3. The van der Waals surface area contributed by atoms with Crippen LogP contribution in [0.15, 0.2) is 48.5 Å². The second-order valence-electron chi connectivity index (χ2n) is 9.16. The fourth-order valence-electron chi connectivity index (χ4n) is 4.39. The lowest BCUT2D eigenvalue weighted by atomic mass is 9.97. The van der Waals surface area contributed by atoms with E-state index in [0.29, 0.717) is 17.9 Å². The highest BCUT2D eigenvalue weighted by atomic mass is 16.5. The quantitative estimate of drug-likeness (QED) is 0.578. The van der Waals surface area contributed by atoms with Crippen molar-refractivity contribution in [3.05, 3.63) is 59.7 Å². The molecule has 1 aliphatic rings. The van der Waals surface area contributed by atoms with Crippen LogP contribution in [0, 0.1) is 0 Å². The number of ether oxygens (including phenoxy) is 1. The standard InChI is InChI=1S/C27H37N3O3/c1-20-7-5-8-21(2)30(20)26(31)19-33-25-16-12-23(13-17-25)27(32)28-18-6-9-22-10-14-24(15-11-22)29(3)4/h10-17,20-21H,5-9,18-19H2,1-4H3,(H,28,32). The predicted octanol–water partition coefficient (Wildman–Crippen LogP) is 4.28. The second kappa shape index (κ2) is 11.7. The van der Waals surface area contributed by atoms with Crippen molar-refractivity contribution in [3.63, 3.8) is 0 Å². The van der Waals surface area contributed by atoms with E-state index in [1.165, 1.54) is 17.7 Å². The highest BCUT2D eigenvalue weighted by Crippen LogP contribution is 2.23.